The number of benzene rings is 1. The van der Waals surface area contributed by atoms with E-state index in [0.29, 0.717) is 42.9 Å². The van der Waals surface area contributed by atoms with Gasteiger partial charge in [-0.15, -0.1) is 10.2 Å². The summed E-state index contributed by atoms with van der Waals surface area (Å²) in [5.74, 6) is 0.0904. The molecular formula is C16H20N4O4S. The van der Waals surface area contributed by atoms with Crippen molar-refractivity contribution in [1.82, 2.24) is 14.5 Å². The fraction of sp³-hybridized carbons (Fsp3) is 0.438. The molecule has 0 aliphatic carbocycles. The van der Waals surface area contributed by atoms with Crippen molar-refractivity contribution >= 4 is 21.6 Å². The number of aromatic nitrogens is 2. The lowest BCUT2D eigenvalue weighted by atomic mass is 10.1. The molecule has 1 aromatic heterocycles. The Kier molecular flexibility index (Phi) is 5.14. The van der Waals surface area contributed by atoms with Crippen LogP contribution in [0.15, 0.2) is 35.1 Å². The predicted octanol–water partition coefficient (Wildman–Crippen LogP) is 1.88. The van der Waals surface area contributed by atoms with Gasteiger partial charge in [0, 0.05) is 17.8 Å². The van der Waals surface area contributed by atoms with Crippen molar-refractivity contribution in [1.29, 1.82) is 0 Å². The van der Waals surface area contributed by atoms with Gasteiger partial charge in [-0.25, -0.2) is 8.42 Å². The molecule has 1 aliphatic rings. The Labute approximate surface area is 146 Å². The minimum Gasteiger partial charge on any atom is -0.423 e. The summed E-state index contributed by atoms with van der Waals surface area (Å²) in [7, 11) is -3.40. The highest BCUT2D eigenvalue weighted by Gasteiger charge is 2.38. The van der Waals surface area contributed by atoms with Gasteiger partial charge in [-0.3, -0.25) is 4.79 Å². The van der Waals surface area contributed by atoms with Gasteiger partial charge in [-0.2, -0.15) is 4.31 Å². The molecule has 3 rings (SSSR count). The van der Waals surface area contributed by atoms with E-state index in [-0.39, 0.29) is 11.7 Å². The maximum Gasteiger partial charge on any atom is 0.247 e. The fourth-order valence-corrected chi connectivity index (χ4v) is 4.71. The van der Waals surface area contributed by atoms with Crippen LogP contribution in [0, 0.1) is 0 Å². The minimum atomic E-state index is -3.40. The van der Waals surface area contributed by atoms with E-state index in [1.807, 2.05) is 6.92 Å². The van der Waals surface area contributed by atoms with Crippen LogP contribution in [0.25, 0.3) is 11.5 Å². The van der Waals surface area contributed by atoms with Crippen LogP contribution >= 0.6 is 0 Å². The van der Waals surface area contributed by atoms with Crippen LogP contribution in [0.1, 0.15) is 26.2 Å². The first-order valence-electron chi connectivity index (χ1n) is 8.18. The quantitative estimate of drug-likeness (QED) is 0.839. The number of rotatable bonds is 6. The second-order valence-corrected chi connectivity index (χ2v) is 7.94. The first-order chi connectivity index (χ1) is 12.0. The predicted molar refractivity (Wildman–Crippen MR) is 92.2 cm³/mol. The van der Waals surface area contributed by atoms with Crippen molar-refractivity contribution in [2.45, 2.75) is 32.2 Å². The highest BCUT2D eigenvalue weighted by atomic mass is 32.2. The first-order valence-corrected chi connectivity index (χ1v) is 9.79. The molecule has 1 fully saturated rings. The van der Waals surface area contributed by atoms with E-state index >= 15 is 0 Å². The lowest BCUT2D eigenvalue weighted by Crippen LogP contribution is -2.44. The number of nitrogens with zero attached hydrogens (tertiary/aromatic N) is 3. The Morgan fingerprint density at radius 1 is 1.44 bits per heavy atom. The van der Waals surface area contributed by atoms with E-state index in [4.69, 9.17) is 4.42 Å². The molecule has 25 heavy (non-hydrogen) atoms. The molecule has 2 heterocycles. The average Bonchev–Trinajstić information content (AvgIpc) is 3.27. The van der Waals surface area contributed by atoms with Crippen LogP contribution in [-0.2, 0) is 14.8 Å². The van der Waals surface area contributed by atoms with E-state index < -0.39 is 16.1 Å². The van der Waals surface area contributed by atoms with Crippen molar-refractivity contribution in [3.63, 3.8) is 0 Å². The van der Waals surface area contributed by atoms with Crippen molar-refractivity contribution < 1.29 is 17.6 Å². The molecule has 8 nitrogen and oxygen atoms in total. The number of carbonyl (C=O) groups is 1. The molecule has 0 bridgehead atoms. The summed E-state index contributed by atoms with van der Waals surface area (Å²) in [6, 6.07) is 6.33. The zero-order valence-corrected chi connectivity index (χ0v) is 14.7. The van der Waals surface area contributed by atoms with Crippen LogP contribution in [0.2, 0.25) is 0 Å². The van der Waals surface area contributed by atoms with Crippen LogP contribution in [-0.4, -0.2) is 47.2 Å². The molecule has 1 amide bonds. The van der Waals surface area contributed by atoms with E-state index in [9.17, 15) is 13.2 Å². The maximum absolute atomic E-state index is 12.6. The largest absolute Gasteiger partial charge is 0.423 e. The summed E-state index contributed by atoms with van der Waals surface area (Å²) in [4.78, 5) is 12.6. The molecule has 0 saturated carbocycles. The van der Waals surface area contributed by atoms with Gasteiger partial charge in [0.15, 0.2) is 0 Å². The molecule has 1 aromatic carbocycles. The van der Waals surface area contributed by atoms with Crippen molar-refractivity contribution in [3.8, 4) is 11.5 Å². The Morgan fingerprint density at radius 2 is 2.28 bits per heavy atom. The molecule has 134 valence electrons. The van der Waals surface area contributed by atoms with Crippen LogP contribution < -0.4 is 5.32 Å². The molecule has 0 radical (unpaired) electrons. The summed E-state index contributed by atoms with van der Waals surface area (Å²) < 4.78 is 31.1. The number of anilines is 1. The van der Waals surface area contributed by atoms with Gasteiger partial charge in [0.05, 0.1) is 5.75 Å². The normalized spacial score (nSPS) is 18.4. The van der Waals surface area contributed by atoms with Crippen molar-refractivity contribution in [2.24, 2.45) is 0 Å². The third kappa shape index (κ3) is 3.88. The van der Waals surface area contributed by atoms with E-state index in [1.165, 1.54) is 10.7 Å². The Balaban J connectivity index is 1.75. The highest BCUT2D eigenvalue weighted by molar-refractivity contribution is 7.89. The molecular weight excluding hydrogens is 344 g/mol. The number of hydrogen-bond acceptors (Lipinski definition) is 6. The SMILES string of the molecule is CCCS(=O)(=O)N1CCCC1C(=O)Nc1cccc(-c2nnco2)c1. The molecule has 1 atom stereocenters. The number of sulfonamides is 1. The first kappa shape index (κ1) is 17.6. The average molecular weight is 364 g/mol. The molecule has 1 saturated heterocycles. The Morgan fingerprint density at radius 3 is 3.00 bits per heavy atom. The summed E-state index contributed by atoms with van der Waals surface area (Å²) in [5, 5.41) is 10.3. The topological polar surface area (TPSA) is 105 Å². The zero-order chi connectivity index (χ0) is 17.9. The maximum atomic E-state index is 12.6. The summed E-state index contributed by atoms with van der Waals surface area (Å²) in [6.45, 7) is 2.20. The van der Waals surface area contributed by atoms with Crippen molar-refractivity contribution in [2.75, 3.05) is 17.6 Å². The Hall–Kier alpha value is -2.26. The molecule has 2 aromatic rings. The summed E-state index contributed by atoms with van der Waals surface area (Å²) in [6.07, 6.45) is 2.97. The van der Waals surface area contributed by atoms with Crippen LogP contribution in [0.4, 0.5) is 5.69 Å². The molecule has 1 aliphatic heterocycles. The van der Waals surface area contributed by atoms with Gasteiger partial charge in [-0.05, 0) is 37.5 Å². The summed E-state index contributed by atoms with van der Waals surface area (Å²) >= 11 is 0. The lowest BCUT2D eigenvalue weighted by molar-refractivity contribution is -0.119. The van der Waals surface area contributed by atoms with Gasteiger partial charge < -0.3 is 9.73 Å². The minimum absolute atomic E-state index is 0.0590. The molecule has 1 unspecified atom stereocenters. The molecule has 0 spiro atoms. The molecule has 9 heteroatoms. The van der Waals surface area contributed by atoms with Gasteiger partial charge >= 0.3 is 0 Å². The number of hydrogen-bond donors (Lipinski definition) is 1. The highest BCUT2D eigenvalue weighted by Crippen LogP contribution is 2.25. The monoisotopic (exact) mass is 364 g/mol. The smallest absolute Gasteiger partial charge is 0.247 e. The van der Waals surface area contributed by atoms with Gasteiger partial charge in [0.2, 0.25) is 28.2 Å². The number of amides is 1. The lowest BCUT2D eigenvalue weighted by Gasteiger charge is -2.23. The Bertz CT molecular complexity index is 836. The second kappa shape index (κ2) is 7.32. The third-order valence-corrected chi connectivity index (χ3v) is 6.14. The standard InChI is InChI=1S/C16H20N4O4S/c1-2-9-25(22,23)20-8-4-7-14(20)15(21)18-13-6-3-5-12(10-13)16-19-17-11-24-16/h3,5-6,10-11,14H,2,4,7-9H2,1H3,(H,18,21). The summed E-state index contributed by atoms with van der Waals surface area (Å²) in [5.41, 5.74) is 1.23. The van der Waals surface area contributed by atoms with E-state index in [1.54, 1.807) is 24.3 Å². The van der Waals surface area contributed by atoms with Gasteiger partial charge in [-0.1, -0.05) is 13.0 Å². The second-order valence-electron chi connectivity index (χ2n) is 5.90. The van der Waals surface area contributed by atoms with Gasteiger partial charge in [0.1, 0.15) is 6.04 Å². The number of carbonyl (C=O) groups excluding carboxylic acids is 1. The van der Waals surface area contributed by atoms with Crippen molar-refractivity contribution in [3.05, 3.63) is 30.7 Å². The van der Waals surface area contributed by atoms with E-state index in [0.717, 1.165) is 0 Å². The van der Waals surface area contributed by atoms with Crippen LogP contribution in [0.5, 0.6) is 0 Å². The third-order valence-electron chi connectivity index (χ3n) is 4.06. The van der Waals surface area contributed by atoms with Gasteiger partial charge in [0.25, 0.3) is 0 Å². The van der Waals surface area contributed by atoms with Crippen LogP contribution in [0.3, 0.4) is 0 Å². The van der Waals surface area contributed by atoms with E-state index in [2.05, 4.69) is 15.5 Å². The zero-order valence-electron chi connectivity index (χ0n) is 13.9. The number of nitrogens with one attached hydrogen (secondary N) is 1. The molecule has 1 N–H and O–H groups in total. The fourth-order valence-electron chi connectivity index (χ4n) is 2.96.